The fourth-order valence-corrected chi connectivity index (χ4v) is 5.20. The van der Waals surface area contributed by atoms with Crippen LogP contribution in [-0.4, -0.2) is 38.4 Å². The maximum absolute atomic E-state index is 12.5. The van der Waals surface area contributed by atoms with Crippen molar-refractivity contribution in [2.45, 2.75) is 50.8 Å². The minimum absolute atomic E-state index is 0.0122. The maximum atomic E-state index is 12.5. The standard InChI is InChI=1S/C14H26N2O2S2/c1-5-10-15-11-9-13-7-8-14(19-13)20(17,18)16(6-2)12(3)4/h7-8,12,15H,5-6,9-11H2,1-4H3. The van der Waals surface area contributed by atoms with E-state index in [0.717, 1.165) is 30.8 Å². The number of hydrogen-bond acceptors (Lipinski definition) is 4. The highest BCUT2D eigenvalue weighted by molar-refractivity contribution is 7.91. The Bertz CT molecular complexity index is 495. The van der Waals surface area contributed by atoms with Gasteiger partial charge < -0.3 is 5.32 Å². The molecule has 4 nitrogen and oxygen atoms in total. The average molecular weight is 319 g/mol. The molecule has 1 rings (SSSR count). The Morgan fingerprint density at radius 1 is 1.25 bits per heavy atom. The summed E-state index contributed by atoms with van der Waals surface area (Å²) in [6, 6.07) is 3.65. The van der Waals surface area contributed by atoms with Crippen LogP contribution in [0.5, 0.6) is 0 Å². The van der Waals surface area contributed by atoms with E-state index in [-0.39, 0.29) is 6.04 Å². The molecule has 0 fully saturated rings. The van der Waals surface area contributed by atoms with Gasteiger partial charge in [-0.3, -0.25) is 0 Å². The van der Waals surface area contributed by atoms with Gasteiger partial charge in [-0.15, -0.1) is 11.3 Å². The van der Waals surface area contributed by atoms with Gasteiger partial charge in [0.2, 0.25) is 0 Å². The molecule has 0 aromatic carbocycles. The van der Waals surface area contributed by atoms with Crippen LogP contribution in [0.2, 0.25) is 0 Å². The summed E-state index contributed by atoms with van der Waals surface area (Å²) in [5, 5.41) is 3.33. The van der Waals surface area contributed by atoms with Crippen LogP contribution >= 0.6 is 11.3 Å². The van der Waals surface area contributed by atoms with Crippen molar-refractivity contribution in [3.05, 3.63) is 17.0 Å². The molecule has 0 aliphatic heterocycles. The Morgan fingerprint density at radius 2 is 1.95 bits per heavy atom. The molecule has 0 atom stereocenters. The van der Waals surface area contributed by atoms with E-state index in [0.29, 0.717) is 10.8 Å². The smallest absolute Gasteiger partial charge is 0.252 e. The Labute approximate surface area is 127 Å². The number of hydrogen-bond donors (Lipinski definition) is 1. The third kappa shape index (κ3) is 4.55. The summed E-state index contributed by atoms with van der Waals surface area (Å²) in [4.78, 5) is 1.12. The van der Waals surface area contributed by atoms with E-state index in [4.69, 9.17) is 0 Å². The fourth-order valence-electron chi connectivity index (χ4n) is 2.07. The molecule has 0 amide bonds. The molecule has 0 saturated heterocycles. The average Bonchev–Trinajstić information content (AvgIpc) is 2.84. The summed E-state index contributed by atoms with van der Waals surface area (Å²) in [5.41, 5.74) is 0. The Kier molecular flexibility index (Phi) is 7.15. The number of thiophene rings is 1. The molecule has 116 valence electrons. The van der Waals surface area contributed by atoms with Gasteiger partial charge in [0.05, 0.1) is 0 Å². The lowest BCUT2D eigenvalue weighted by Gasteiger charge is -2.23. The molecule has 1 heterocycles. The molecular weight excluding hydrogens is 292 g/mol. The van der Waals surface area contributed by atoms with Gasteiger partial charge in [-0.25, -0.2) is 8.42 Å². The SMILES string of the molecule is CCCNCCc1ccc(S(=O)(=O)N(CC)C(C)C)s1. The molecule has 1 aromatic heterocycles. The van der Waals surface area contributed by atoms with Crippen molar-refractivity contribution in [1.29, 1.82) is 0 Å². The van der Waals surface area contributed by atoms with Crippen LogP contribution in [0.4, 0.5) is 0 Å². The van der Waals surface area contributed by atoms with Crippen LogP contribution in [0.1, 0.15) is 39.0 Å². The summed E-state index contributed by atoms with van der Waals surface area (Å²) in [7, 11) is -3.33. The molecule has 0 aliphatic carbocycles. The molecule has 6 heteroatoms. The third-order valence-electron chi connectivity index (χ3n) is 3.06. The van der Waals surface area contributed by atoms with Gasteiger partial charge >= 0.3 is 0 Å². The third-order valence-corrected chi connectivity index (χ3v) is 6.83. The Hall–Kier alpha value is -0.430. The second-order valence-electron chi connectivity index (χ2n) is 5.02. The monoisotopic (exact) mass is 318 g/mol. The first kappa shape index (κ1) is 17.6. The highest BCUT2D eigenvalue weighted by atomic mass is 32.2. The van der Waals surface area contributed by atoms with Crippen LogP contribution in [0.3, 0.4) is 0 Å². The van der Waals surface area contributed by atoms with E-state index in [1.165, 1.54) is 15.6 Å². The second kappa shape index (κ2) is 8.12. The Morgan fingerprint density at radius 3 is 2.50 bits per heavy atom. The first-order valence-corrected chi connectivity index (χ1v) is 9.50. The molecule has 0 spiro atoms. The van der Waals surface area contributed by atoms with Gasteiger partial charge in [0.15, 0.2) is 0 Å². The van der Waals surface area contributed by atoms with Gasteiger partial charge in [0.25, 0.3) is 10.0 Å². The van der Waals surface area contributed by atoms with E-state index in [1.54, 1.807) is 6.07 Å². The van der Waals surface area contributed by atoms with Crippen LogP contribution in [0, 0.1) is 0 Å². The maximum Gasteiger partial charge on any atom is 0.252 e. The summed E-state index contributed by atoms with van der Waals surface area (Å²) in [6.07, 6.45) is 2.00. The zero-order chi connectivity index (χ0) is 15.2. The molecule has 0 radical (unpaired) electrons. The van der Waals surface area contributed by atoms with E-state index in [9.17, 15) is 8.42 Å². The number of rotatable bonds is 9. The fraction of sp³-hybridized carbons (Fsp3) is 0.714. The summed E-state index contributed by atoms with van der Waals surface area (Å²) in [5.74, 6) is 0. The van der Waals surface area contributed by atoms with Crippen LogP contribution in [0.25, 0.3) is 0 Å². The van der Waals surface area contributed by atoms with E-state index in [1.807, 2.05) is 26.8 Å². The van der Waals surface area contributed by atoms with Crippen LogP contribution in [0.15, 0.2) is 16.3 Å². The van der Waals surface area contributed by atoms with Crippen molar-refractivity contribution in [3.8, 4) is 0 Å². The molecule has 20 heavy (non-hydrogen) atoms. The normalized spacial score (nSPS) is 12.5. The molecule has 1 aromatic rings. The van der Waals surface area contributed by atoms with Gasteiger partial charge in [0, 0.05) is 17.5 Å². The number of nitrogens with zero attached hydrogens (tertiary/aromatic N) is 1. The highest BCUT2D eigenvalue weighted by Gasteiger charge is 2.26. The molecule has 0 aliphatic rings. The van der Waals surface area contributed by atoms with Crippen molar-refractivity contribution in [2.24, 2.45) is 0 Å². The molecule has 0 unspecified atom stereocenters. The number of sulfonamides is 1. The zero-order valence-corrected chi connectivity index (χ0v) is 14.5. The van der Waals surface area contributed by atoms with E-state index >= 15 is 0 Å². The van der Waals surface area contributed by atoms with Gasteiger partial charge in [-0.05, 0) is 51.9 Å². The predicted molar refractivity (Wildman–Crippen MR) is 85.9 cm³/mol. The first-order valence-electron chi connectivity index (χ1n) is 7.24. The van der Waals surface area contributed by atoms with Crippen molar-refractivity contribution in [1.82, 2.24) is 9.62 Å². The number of nitrogens with one attached hydrogen (secondary N) is 1. The molecule has 0 bridgehead atoms. The van der Waals surface area contributed by atoms with Crippen molar-refractivity contribution in [3.63, 3.8) is 0 Å². The zero-order valence-electron chi connectivity index (χ0n) is 12.8. The molecular formula is C14H26N2O2S2. The summed E-state index contributed by atoms with van der Waals surface area (Å²) >= 11 is 1.39. The summed E-state index contributed by atoms with van der Waals surface area (Å²) < 4.78 is 27.0. The first-order chi connectivity index (χ1) is 9.43. The highest BCUT2D eigenvalue weighted by Crippen LogP contribution is 2.26. The quantitative estimate of drug-likeness (QED) is 0.712. The molecule has 1 N–H and O–H groups in total. The molecule has 0 saturated carbocycles. The van der Waals surface area contributed by atoms with Crippen LogP contribution in [-0.2, 0) is 16.4 Å². The van der Waals surface area contributed by atoms with Crippen molar-refractivity contribution >= 4 is 21.4 Å². The Balaban J connectivity index is 2.75. The van der Waals surface area contributed by atoms with Crippen molar-refractivity contribution in [2.75, 3.05) is 19.6 Å². The lowest BCUT2D eigenvalue weighted by atomic mass is 10.3. The predicted octanol–water partition coefficient (Wildman–Crippen LogP) is 2.71. The van der Waals surface area contributed by atoms with Gasteiger partial charge in [-0.1, -0.05) is 13.8 Å². The summed E-state index contributed by atoms with van der Waals surface area (Å²) in [6.45, 7) is 10.2. The minimum atomic E-state index is -3.33. The topological polar surface area (TPSA) is 49.4 Å². The lowest BCUT2D eigenvalue weighted by molar-refractivity contribution is 0.370. The second-order valence-corrected chi connectivity index (χ2v) is 8.31. The van der Waals surface area contributed by atoms with Gasteiger partial charge in [-0.2, -0.15) is 4.31 Å². The minimum Gasteiger partial charge on any atom is -0.316 e. The van der Waals surface area contributed by atoms with Crippen LogP contribution < -0.4 is 5.32 Å². The lowest BCUT2D eigenvalue weighted by Crippen LogP contribution is -2.36. The largest absolute Gasteiger partial charge is 0.316 e. The van der Waals surface area contributed by atoms with E-state index in [2.05, 4.69) is 12.2 Å². The van der Waals surface area contributed by atoms with Crippen molar-refractivity contribution < 1.29 is 8.42 Å². The van der Waals surface area contributed by atoms with Gasteiger partial charge in [0.1, 0.15) is 4.21 Å². The van der Waals surface area contributed by atoms with E-state index < -0.39 is 10.0 Å².